The third kappa shape index (κ3) is 8.69. The molecule has 2 fully saturated rings. The molecule has 47 heavy (non-hydrogen) atoms. The van der Waals surface area contributed by atoms with Crippen LogP contribution in [0.1, 0.15) is 59.8 Å². The molecule has 2 N–H and O–H groups in total. The summed E-state index contributed by atoms with van der Waals surface area (Å²) in [4.78, 5) is 53.9. The van der Waals surface area contributed by atoms with Crippen LogP contribution in [0.5, 0.6) is 5.75 Å². The van der Waals surface area contributed by atoms with Crippen molar-refractivity contribution in [1.29, 1.82) is 0 Å². The SMILES string of the molecule is CNc1ccn([C@@H]2O[C@H](COP(=O)(N[C@@H](C)C(=O)OC(C)C)Oc3ccccc3CCC(=O)OC(C)C)C3OC(=O)O[C@]32C)c(=O)n1. The summed E-state index contributed by atoms with van der Waals surface area (Å²) in [5, 5.41) is 5.38. The number of para-hydroxylation sites is 1. The van der Waals surface area contributed by atoms with E-state index in [2.05, 4.69) is 15.4 Å². The van der Waals surface area contributed by atoms with Crippen molar-refractivity contribution in [2.75, 3.05) is 19.0 Å². The smallest absolute Gasteiger partial charge is 0.463 e. The van der Waals surface area contributed by atoms with Gasteiger partial charge >= 0.3 is 31.5 Å². The van der Waals surface area contributed by atoms with Gasteiger partial charge in [0.15, 0.2) is 17.9 Å². The molecule has 2 aliphatic heterocycles. The molecule has 1 aromatic carbocycles. The molecule has 1 aromatic heterocycles. The molecular formula is C30H41N4O12P. The summed E-state index contributed by atoms with van der Waals surface area (Å²) in [5.74, 6) is -0.691. The highest BCUT2D eigenvalue weighted by Gasteiger charge is 2.64. The number of aryl methyl sites for hydroxylation is 1. The second-order valence-corrected chi connectivity index (χ2v) is 13.4. The number of benzene rings is 1. The summed E-state index contributed by atoms with van der Waals surface area (Å²) in [5.41, 5.74) is -1.65. The van der Waals surface area contributed by atoms with Crippen molar-refractivity contribution in [3.63, 3.8) is 0 Å². The van der Waals surface area contributed by atoms with Crippen LogP contribution in [0.3, 0.4) is 0 Å². The van der Waals surface area contributed by atoms with Crippen molar-refractivity contribution in [2.45, 2.75) is 96.7 Å². The van der Waals surface area contributed by atoms with E-state index in [-0.39, 0.29) is 24.7 Å². The van der Waals surface area contributed by atoms with Gasteiger partial charge in [-0.1, -0.05) is 18.2 Å². The first-order valence-electron chi connectivity index (χ1n) is 15.2. The Morgan fingerprint density at radius 3 is 2.45 bits per heavy atom. The van der Waals surface area contributed by atoms with Gasteiger partial charge in [0.1, 0.15) is 23.7 Å². The number of rotatable bonds is 15. The zero-order valence-electron chi connectivity index (χ0n) is 27.3. The van der Waals surface area contributed by atoms with Crippen molar-refractivity contribution < 1.29 is 51.7 Å². The van der Waals surface area contributed by atoms with Crippen LogP contribution in [0.2, 0.25) is 0 Å². The van der Waals surface area contributed by atoms with Gasteiger partial charge < -0.3 is 33.5 Å². The van der Waals surface area contributed by atoms with Crippen LogP contribution in [-0.2, 0) is 48.8 Å². The summed E-state index contributed by atoms with van der Waals surface area (Å²) in [7, 11) is -2.84. The molecule has 2 aromatic rings. The molecule has 2 saturated heterocycles. The number of carbonyl (C=O) groups is 3. The summed E-state index contributed by atoms with van der Waals surface area (Å²) in [6, 6.07) is 6.98. The minimum Gasteiger partial charge on any atom is -0.463 e. The van der Waals surface area contributed by atoms with Gasteiger partial charge in [-0.3, -0.25) is 18.7 Å². The number of anilines is 1. The normalized spacial score (nSPS) is 23.8. The molecule has 2 unspecified atom stereocenters. The first kappa shape index (κ1) is 35.9. The first-order chi connectivity index (χ1) is 22.1. The molecule has 0 saturated carbocycles. The topological polar surface area (TPSA) is 192 Å². The monoisotopic (exact) mass is 680 g/mol. The quantitative estimate of drug-likeness (QED) is 0.158. The molecule has 0 radical (unpaired) electrons. The van der Waals surface area contributed by atoms with Crippen molar-refractivity contribution in [1.82, 2.24) is 14.6 Å². The lowest BCUT2D eigenvalue weighted by molar-refractivity contribution is -0.149. The van der Waals surface area contributed by atoms with Crippen LogP contribution in [0, 0.1) is 0 Å². The van der Waals surface area contributed by atoms with Gasteiger partial charge in [0.25, 0.3) is 0 Å². The Bertz CT molecular complexity index is 1570. The van der Waals surface area contributed by atoms with Gasteiger partial charge in [-0.15, -0.1) is 0 Å². The molecule has 4 rings (SSSR count). The number of aromatic nitrogens is 2. The highest BCUT2D eigenvalue weighted by atomic mass is 31.2. The van der Waals surface area contributed by atoms with Crippen LogP contribution in [0.4, 0.5) is 10.6 Å². The van der Waals surface area contributed by atoms with Crippen LogP contribution in [0.25, 0.3) is 0 Å². The highest BCUT2D eigenvalue weighted by molar-refractivity contribution is 7.52. The molecule has 258 valence electrons. The lowest BCUT2D eigenvalue weighted by atomic mass is 9.96. The number of fused-ring (bicyclic) bond motifs is 1. The zero-order chi connectivity index (χ0) is 34.5. The molecule has 3 heterocycles. The van der Waals surface area contributed by atoms with E-state index in [0.717, 1.165) is 4.57 Å². The molecule has 0 bridgehead atoms. The van der Waals surface area contributed by atoms with Gasteiger partial charge in [0, 0.05) is 19.7 Å². The maximum atomic E-state index is 14.4. The molecule has 16 nitrogen and oxygen atoms in total. The number of ether oxygens (including phenoxy) is 5. The zero-order valence-corrected chi connectivity index (χ0v) is 28.2. The lowest BCUT2D eigenvalue weighted by Crippen LogP contribution is -2.44. The maximum absolute atomic E-state index is 14.4. The average molecular weight is 681 g/mol. The number of nitrogens with zero attached hydrogens (tertiary/aromatic N) is 2. The van der Waals surface area contributed by atoms with E-state index < -0.39 is 74.3 Å². The predicted octanol–water partition coefficient (Wildman–Crippen LogP) is 3.49. The number of hydrogen-bond donors (Lipinski definition) is 2. The van der Waals surface area contributed by atoms with E-state index >= 15 is 0 Å². The molecule has 17 heteroatoms. The van der Waals surface area contributed by atoms with Crippen molar-refractivity contribution in [3.8, 4) is 5.75 Å². The number of carbonyl (C=O) groups excluding carboxylic acids is 3. The van der Waals surface area contributed by atoms with E-state index in [1.165, 1.54) is 32.2 Å². The molecule has 0 aliphatic carbocycles. The van der Waals surface area contributed by atoms with Gasteiger partial charge in [-0.25, -0.2) is 14.2 Å². The molecule has 6 atom stereocenters. The fraction of sp³-hybridized carbons (Fsp3) is 0.567. The van der Waals surface area contributed by atoms with Gasteiger partial charge in [0.05, 0.1) is 18.8 Å². The summed E-state index contributed by atoms with van der Waals surface area (Å²) < 4.78 is 54.8. The molecule has 2 aliphatic rings. The summed E-state index contributed by atoms with van der Waals surface area (Å²) in [6.45, 7) is 9.28. The largest absolute Gasteiger partial charge is 0.509 e. The summed E-state index contributed by atoms with van der Waals surface area (Å²) in [6.07, 6.45) is -3.45. The number of nitrogens with one attached hydrogen (secondary N) is 2. The van der Waals surface area contributed by atoms with Crippen LogP contribution in [0.15, 0.2) is 41.3 Å². The Balaban J connectivity index is 1.59. The van der Waals surface area contributed by atoms with Crippen LogP contribution < -0.4 is 20.6 Å². The second kappa shape index (κ2) is 14.8. The van der Waals surface area contributed by atoms with Gasteiger partial charge in [-0.2, -0.15) is 10.1 Å². The van der Waals surface area contributed by atoms with Gasteiger partial charge in [-0.05, 0) is 65.7 Å². The van der Waals surface area contributed by atoms with E-state index in [4.69, 9.17) is 32.7 Å². The average Bonchev–Trinajstić information content (AvgIpc) is 3.43. The number of esters is 2. The second-order valence-electron chi connectivity index (χ2n) is 11.7. The Morgan fingerprint density at radius 1 is 1.09 bits per heavy atom. The van der Waals surface area contributed by atoms with Crippen molar-refractivity contribution in [3.05, 3.63) is 52.6 Å². The molecule has 0 spiro atoms. The Hall–Kier alpha value is -3.98. The minimum atomic E-state index is -4.45. The maximum Gasteiger partial charge on any atom is 0.509 e. The van der Waals surface area contributed by atoms with Crippen molar-refractivity contribution in [2.24, 2.45) is 0 Å². The van der Waals surface area contributed by atoms with Gasteiger partial charge in [0.2, 0.25) is 0 Å². The predicted molar refractivity (Wildman–Crippen MR) is 166 cm³/mol. The Labute approximate surface area is 271 Å². The fourth-order valence-electron chi connectivity index (χ4n) is 5.06. The third-order valence-corrected chi connectivity index (χ3v) is 8.81. The Kier molecular flexibility index (Phi) is 11.3. The van der Waals surface area contributed by atoms with E-state index in [1.54, 1.807) is 52.9 Å². The van der Waals surface area contributed by atoms with E-state index in [1.807, 2.05) is 0 Å². The first-order valence-corrected chi connectivity index (χ1v) is 16.7. The van der Waals surface area contributed by atoms with E-state index in [0.29, 0.717) is 11.4 Å². The van der Waals surface area contributed by atoms with Crippen LogP contribution >= 0.6 is 7.75 Å². The fourth-order valence-corrected chi connectivity index (χ4v) is 6.60. The molecular weight excluding hydrogens is 639 g/mol. The van der Waals surface area contributed by atoms with E-state index in [9.17, 15) is 23.7 Å². The number of hydrogen-bond acceptors (Lipinski definition) is 14. The summed E-state index contributed by atoms with van der Waals surface area (Å²) >= 11 is 0. The third-order valence-electron chi connectivity index (χ3n) is 7.18. The standard InChI is InChI=1S/C30H41N4O12P/c1-17(2)41-24(35)13-12-20-10-8-9-11-21(20)46-47(39,33-19(5)26(36)42-18(3)4)40-16-22-25-30(6,45-29(38)44-25)27(43-22)34-15-14-23(31-7)32-28(34)37/h8-11,14-15,17-19,22,25,27H,12-13,16H2,1-7H3,(H,33,39)(H,31,32,37)/t19-,22+,25?,27+,30+,47?/m0/s1. The Morgan fingerprint density at radius 2 is 1.79 bits per heavy atom. The highest BCUT2D eigenvalue weighted by Crippen LogP contribution is 2.50. The van der Waals surface area contributed by atoms with Crippen molar-refractivity contribution >= 4 is 31.7 Å². The lowest BCUT2D eigenvalue weighted by Gasteiger charge is -2.26. The molecule has 0 amide bonds. The van der Waals surface area contributed by atoms with Crippen LogP contribution in [-0.4, -0.2) is 77.4 Å². The minimum absolute atomic E-state index is 0.0285.